The molecule has 128 valence electrons. The molecule has 0 saturated carbocycles. The Morgan fingerprint density at radius 2 is 1.68 bits per heavy atom. The Bertz CT molecular complexity index is 415. The molecule has 0 fully saturated rings. The molecule has 7 nitrogen and oxygen atoms in total. The predicted molar refractivity (Wildman–Crippen MR) is 82.2 cm³/mol. The van der Waals surface area contributed by atoms with E-state index in [1.54, 1.807) is 0 Å². The number of carboxylic acids is 1. The Balaban J connectivity index is 5.50. The summed E-state index contributed by atoms with van der Waals surface area (Å²) >= 11 is 0. The maximum Gasteiger partial charge on any atom is 0.333 e. The fourth-order valence-electron chi connectivity index (χ4n) is 2.10. The minimum absolute atomic E-state index is 0.00382. The number of aliphatic hydroxyl groups is 1. The molecule has 0 saturated heterocycles. The number of imide groups is 1. The standard InChI is InChI=1S/C15H28N2O5/c1-9(2)7-10(11(18)13(20)21)12(19)17(14(22)16-6)8-15(3,4)5/h9-11,18H,7-8H2,1-6H3,(H,16,22)(H,20,21)/t10-,11+/m1/s1. The highest BCUT2D eigenvalue weighted by atomic mass is 16.4. The zero-order chi connectivity index (χ0) is 17.7. The van der Waals surface area contributed by atoms with Crippen molar-refractivity contribution in [2.45, 2.75) is 47.1 Å². The summed E-state index contributed by atoms with van der Waals surface area (Å²) in [5.74, 6) is -3.29. The van der Waals surface area contributed by atoms with E-state index >= 15 is 0 Å². The number of carbonyl (C=O) groups is 3. The second-order valence-corrected chi connectivity index (χ2v) is 7.06. The van der Waals surface area contributed by atoms with Gasteiger partial charge in [0.25, 0.3) is 0 Å². The van der Waals surface area contributed by atoms with Gasteiger partial charge in [0.05, 0.1) is 5.92 Å². The van der Waals surface area contributed by atoms with Crippen molar-refractivity contribution >= 4 is 17.9 Å². The third-order valence-electron chi connectivity index (χ3n) is 3.03. The number of hydrogen-bond acceptors (Lipinski definition) is 4. The van der Waals surface area contributed by atoms with Gasteiger partial charge in [-0.1, -0.05) is 34.6 Å². The molecule has 3 N–H and O–H groups in total. The SMILES string of the molecule is CNC(=O)N(CC(C)(C)C)C(=O)[C@H](CC(C)C)[C@H](O)C(=O)O. The van der Waals surface area contributed by atoms with E-state index < -0.39 is 29.9 Å². The van der Waals surface area contributed by atoms with E-state index in [1.807, 2.05) is 34.6 Å². The lowest BCUT2D eigenvalue weighted by atomic mass is 9.89. The van der Waals surface area contributed by atoms with Crippen LogP contribution in [0.3, 0.4) is 0 Å². The zero-order valence-corrected chi connectivity index (χ0v) is 14.2. The molecule has 0 aromatic carbocycles. The summed E-state index contributed by atoms with van der Waals surface area (Å²) in [6.07, 6.45) is -1.65. The summed E-state index contributed by atoms with van der Waals surface area (Å²) in [7, 11) is 1.40. The Morgan fingerprint density at radius 3 is 2.00 bits per heavy atom. The molecular weight excluding hydrogens is 288 g/mol. The van der Waals surface area contributed by atoms with Crippen LogP contribution in [0.15, 0.2) is 0 Å². The third-order valence-corrected chi connectivity index (χ3v) is 3.03. The average Bonchev–Trinajstić information content (AvgIpc) is 2.38. The van der Waals surface area contributed by atoms with Crippen molar-refractivity contribution in [3.8, 4) is 0 Å². The highest BCUT2D eigenvalue weighted by Gasteiger charge is 2.38. The Labute approximate surface area is 131 Å². The van der Waals surface area contributed by atoms with Gasteiger partial charge >= 0.3 is 12.0 Å². The van der Waals surface area contributed by atoms with Crippen LogP contribution in [-0.2, 0) is 9.59 Å². The summed E-state index contributed by atoms with van der Waals surface area (Å²) in [6.45, 7) is 9.36. The lowest BCUT2D eigenvalue weighted by molar-refractivity contribution is -0.156. The lowest BCUT2D eigenvalue weighted by Gasteiger charge is -2.32. The molecule has 0 rings (SSSR count). The van der Waals surface area contributed by atoms with Gasteiger partial charge in [0.1, 0.15) is 0 Å². The van der Waals surface area contributed by atoms with Crippen molar-refractivity contribution in [2.24, 2.45) is 17.3 Å². The minimum atomic E-state index is -1.83. The molecule has 0 heterocycles. The lowest BCUT2D eigenvalue weighted by Crippen LogP contribution is -2.52. The van der Waals surface area contributed by atoms with Gasteiger partial charge in [0, 0.05) is 13.6 Å². The van der Waals surface area contributed by atoms with Gasteiger partial charge in [-0.05, 0) is 17.8 Å². The first-order valence-electron chi connectivity index (χ1n) is 7.34. The number of urea groups is 1. The summed E-state index contributed by atoms with van der Waals surface area (Å²) in [5.41, 5.74) is -0.348. The monoisotopic (exact) mass is 316 g/mol. The Kier molecular flexibility index (Phi) is 7.52. The Morgan fingerprint density at radius 1 is 1.18 bits per heavy atom. The van der Waals surface area contributed by atoms with Gasteiger partial charge in [-0.2, -0.15) is 0 Å². The summed E-state index contributed by atoms with van der Waals surface area (Å²) in [5, 5.41) is 21.2. The normalized spacial score (nSPS) is 14.4. The topological polar surface area (TPSA) is 107 Å². The zero-order valence-electron chi connectivity index (χ0n) is 14.2. The van der Waals surface area contributed by atoms with Crippen LogP contribution in [0.4, 0.5) is 4.79 Å². The number of nitrogens with zero attached hydrogens (tertiary/aromatic N) is 1. The number of aliphatic hydroxyl groups excluding tert-OH is 1. The quantitative estimate of drug-likeness (QED) is 0.685. The van der Waals surface area contributed by atoms with Gasteiger partial charge < -0.3 is 15.5 Å². The van der Waals surface area contributed by atoms with Crippen molar-refractivity contribution in [1.29, 1.82) is 0 Å². The largest absolute Gasteiger partial charge is 0.479 e. The van der Waals surface area contributed by atoms with Crippen LogP contribution in [0.1, 0.15) is 41.0 Å². The smallest absolute Gasteiger partial charge is 0.333 e. The summed E-state index contributed by atoms with van der Waals surface area (Å²) < 4.78 is 0. The molecule has 0 aliphatic heterocycles. The molecule has 0 unspecified atom stereocenters. The first kappa shape index (κ1) is 20.4. The van der Waals surface area contributed by atoms with Crippen LogP contribution in [0.2, 0.25) is 0 Å². The molecule has 0 radical (unpaired) electrons. The van der Waals surface area contributed by atoms with Crippen LogP contribution in [0, 0.1) is 17.3 Å². The van der Waals surface area contributed by atoms with Crippen LogP contribution in [0.25, 0.3) is 0 Å². The van der Waals surface area contributed by atoms with Gasteiger partial charge in [-0.3, -0.25) is 9.69 Å². The number of carbonyl (C=O) groups excluding carboxylic acids is 2. The molecule has 0 spiro atoms. The predicted octanol–water partition coefficient (Wildman–Crippen LogP) is 1.31. The van der Waals surface area contributed by atoms with Crippen LogP contribution >= 0.6 is 0 Å². The van der Waals surface area contributed by atoms with Crippen molar-refractivity contribution in [1.82, 2.24) is 10.2 Å². The number of nitrogens with one attached hydrogen (secondary N) is 1. The highest BCUT2D eigenvalue weighted by Crippen LogP contribution is 2.22. The van der Waals surface area contributed by atoms with Gasteiger partial charge in [-0.25, -0.2) is 9.59 Å². The van der Waals surface area contributed by atoms with E-state index in [9.17, 15) is 19.5 Å². The maximum atomic E-state index is 12.6. The molecule has 3 amide bonds. The highest BCUT2D eigenvalue weighted by molar-refractivity contribution is 5.97. The number of rotatable bonds is 6. The molecular formula is C15H28N2O5. The molecule has 0 aliphatic rings. The molecule has 0 aromatic heterocycles. The van der Waals surface area contributed by atoms with E-state index in [2.05, 4.69) is 5.32 Å². The van der Waals surface area contributed by atoms with E-state index in [0.29, 0.717) is 0 Å². The van der Waals surface area contributed by atoms with Crippen molar-refractivity contribution in [2.75, 3.05) is 13.6 Å². The third kappa shape index (κ3) is 6.43. The average molecular weight is 316 g/mol. The number of aliphatic carboxylic acids is 1. The van der Waals surface area contributed by atoms with Crippen LogP contribution in [0.5, 0.6) is 0 Å². The number of amides is 3. The first-order valence-corrected chi connectivity index (χ1v) is 7.34. The fraction of sp³-hybridized carbons (Fsp3) is 0.800. The van der Waals surface area contributed by atoms with Gasteiger partial charge in [-0.15, -0.1) is 0 Å². The molecule has 0 aliphatic carbocycles. The second-order valence-electron chi connectivity index (χ2n) is 7.06. The van der Waals surface area contributed by atoms with Gasteiger partial charge in [0.15, 0.2) is 6.10 Å². The second kappa shape index (κ2) is 8.12. The first-order chi connectivity index (χ1) is 9.90. The van der Waals surface area contributed by atoms with Crippen molar-refractivity contribution < 1.29 is 24.6 Å². The minimum Gasteiger partial charge on any atom is -0.479 e. The van der Waals surface area contributed by atoms with Crippen LogP contribution in [-0.4, -0.2) is 52.7 Å². The molecule has 0 aromatic rings. The Hall–Kier alpha value is -1.63. The van der Waals surface area contributed by atoms with E-state index in [0.717, 1.165) is 4.90 Å². The fourth-order valence-corrected chi connectivity index (χ4v) is 2.10. The van der Waals surface area contributed by atoms with E-state index in [-0.39, 0.29) is 24.3 Å². The van der Waals surface area contributed by atoms with Gasteiger partial charge in [0.2, 0.25) is 5.91 Å². The van der Waals surface area contributed by atoms with Crippen LogP contribution < -0.4 is 5.32 Å². The van der Waals surface area contributed by atoms with E-state index in [4.69, 9.17) is 5.11 Å². The van der Waals surface area contributed by atoms with Crippen molar-refractivity contribution in [3.63, 3.8) is 0 Å². The summed E-state index contributed by atoms with van der Waals surface area (Å²) in [6, 6.07) is -0.605. The molecule has 7 heteroatoms. The molecule has 22 heavy (non-hydrogen) atoms. The number of hydrogen-bond donors (Lipinski definition) is 3. The molecule has 0 bridgehead atoms. The van der Waals surface area contributed by atoms with E-state index in [1.165, 1.54) is 7.05 Å². The number of carboxylic acid groups (broad SMARTS) is 1. The molecule has 2 atom stereocenters. The van der Waals surface area contributed by atoms with Crippen molar-refractivity contribution in [3.05, 3.63) is 0 Å². The maximum absolute atomic E-state index is 12.6. The summed E-state index contributed by atoms with van der Waals surface area (Å²) in [4.78, 5) is 36.7.